The standard InChI is InChI=1S/C13H19NO2/c1-4-16-13(15)11(3)14-9-12-8-6-5-7-10(12)2/h5-8,11,14H,4,9H2,1-3H3. The van der Waals surface area contributed by atoms with E-state index in [9.17, 15) is 4.79 Å². The Labute approximate surface area is 96.8 Å². The maximum Gasteiger partial charge on any atom is 0.322 e. The second-order valence-corrected chi connectivity index (χ2v) is 3.78. The van der Waals surface area contributed by atoms with E-state index in [1.165, 1.54) is 11.1 Å². The van der Waals surface area contributed by atoms with Crippen LogP contribution < -0.4 is 5.32 Å². The van der Waals surface area contributed by atoms with Gasteiger partial charge in [-0.05, 0) is 31.9 Å². The molecule has 0 aliphatic rings. The van der Waals surface area contributed by atoms with Gasteiger partial charge in [0.2, 0.25) is 0 Å². The summed E-state index contributed by atoms with van der Waals surface area (Å²) in [5.41, 5.74) is 2.43. The zero-order valence-electron chi connectivity index (χ0n) is 10.1. The fourth-order valence-corrected chi connectivity index (χ4v) is 1.42. The first-order chi connectivity index (χ1) is 7.65. The topological polar surface area (TPSA) is 38.3 Å². The van der Waals surface area contributed by atoms with Gasteiger partial charge in [0.15, 0.2) is 0 Å². The molecule has 3 heteroatoms. The Morgan fingerprint density at radius 2 is 2.12 bits per heavy atom. The van der Waals surface area contributed by atoms with Crippen LogP contribution in [0.1, 0.15) is 25.0 Å². The van der Waals surface area contributed by atoms with E-state index in [-0.39, 0.29) is 12.0 Å². The lowest BCUT2D eigenvalue weighted by molar-refractivity contribution is -0.145. The normalized spacial score (nSPS) is 12.2. The molecule has 1 N–H and O–H groups in total. The van der Waals surface area contributed by atoms with Gasteiger partial charge >= 0.3 is 5.97 Å². The minimum absolute atomic E-state index is 0.198. The van der Waals surface area contributed by atoms with Gasteiger partial charge in [-0.1, -0.05) is 24.3 Å². The largest absolute Gasteiger partial charge is 0.465 e. The lowest BCUT2D eigenvalue weighted by atomic mass is 10.1. The molecule has 3 nitrogen and oxygen atoms in total. The van der Waals surface area contributed by atoms with Gasteiger partial charge in [-0.25, -0.2) is 0 Å². The molecule has 0 spiro atoms. The van der Waals surface area contributed by atoms with Crippen molar-refractivity contribution in [1.29, 1.82) is 0 Å². The average Bonchev–Trinajstić information content (AvgIpc) is 2.28. The smallest absolute Gasteiger partial charge is 0.322 e. The summed E-state index contributed by atoms with van der Waals surface area (Å²) in [5, 5.41) is 3.15. The van der Waals surface area contributed by atoms with Crippen molar-refractivity contribution in [3.8, 4) is 0 Å². The molecular formula is C13H19NO2. The number of benzene rings is 1. The third kappa shape index (κ3) is 3.66. The van der Waals surface area contributed by atoms with Crippen LogP contribution in [0.5, 0.6) is 0 Å². The second kappa shape index (κ2) is 6.28. The first-order valence-electron chi connectivity index (χ1n) is 5.59. The number of ether oxygens (including phenoxy) is 1. The molecule has 1 aromatic carbocycles. The summed E-state index contributed by atoms with van der Waals surface area (Å²) >= 11 is 0. The quantitative estimate of drug-likeness (QED) is 0.773. The molecule has 1 atom stereocenters. The first kappa shape index (κ1) is 12.7. The van der Waals surface area contributed by atoms with Crippen LogP contribution in [0, 0.1) is 6.92 Å². The third-order valence-electron chi connectivity index (χ3n) is 2.50. The highest BCUT2D eigenvalue weighted by Gasteiger charge is 2.12. The van der Waals surface area contributed by atoms with E-state index in [1.54, 1.807) is 0 Å². The van der Waals surface area contributed by atoms with Crippen molar-refractivity contribution in [2.75, 3.05) is 6.61 Å². The van der Waals surface area contributed by atoms with Crippen LogP contribution in [0.3, 0.4) is 0 Å². The molecule has 88 valence electrons. The van der Waals surface area contributed by atoms with E-state index in [0.29, 0.717) is 13.2 Å². The fourth-order valence-electron chi connectivity index (χ4n) is 1.42. The van der Waals surface area contributed by atoms with Gasteiger partial charge in [-0.3, -0.25) is 4.79 Å². The minimum Gasteiger partial charge on any atom is -0.465 e. The summed E-state index contributed by atoms with van der Waals surface area (Å²) in [5.74, 6) is -0.198. The number of rotatable bonds is 5. The van der Waals surface area contributed by atoms with Gasteiger partial charge in [-0.15, -0.1) is 0 Å². The SMILES string of the molecule is CCOC(=O)C(C)NCc1ccccc1C. The number of carbonyl (C=O) groups is 1. The number of esters is 1. The molecule has 1 rings (SSSR count). The van der Waals surface area contributed by atoms with E-state index >= 15 is 0 Å². The maximum atomic E-state index is 11.4. The molecule has 0 fully saturated rings. The number of hydrogen-bond donors (Lipinski definition) is 1. The molecule has 0 radical (unpaired) electrons. The maximum absolute atomic E-state index is 11.4. The summed E-state index contributed by atoms with van der Waals surface area (Å²) in [7, 11) is 0. The molecule has 0 aromatic heterocycles. The first-order valence-corrected chi connectivity index (χ1v) is 5.59. The fraction of sp³-hybridized carbons (Fsp3) is 0.462. The Hall–Kier alpha value is -1.35. The predicted octanol–water partition coefficient (Wildman–Crippen LogP) is 2.04. The molecule has 0 aliphatic heterocycles. The molecule has 0 bridgehead atoms. The molecule has 1 aromatic rings. The number of hydrogen-bond acceptors (Lipinski definition) is 3. The summed E-state index contributed by atoms with van der Waals surface area (Å²) in [6, 6.07) is 7.86. The van der Waals surface area contributed by atoms with Crippen LogP contribution in [0.2, 0.25) is 0 Å². The summed E-state index contributed by atoms with van der Waals surface area (Å²) < 4.78 is 4.92. The van der Waals surface area contributed by atoms with Crippen molar-refractivity contribution < 1.29 is 9.53 Å². The van der Waals surface area contributed by atoms with Gasteiger partial charge < -0.3 is 10.1 Å². The van der Waals surface area contributed by atoms with Crippen molar-refractivity contribution in [2.45, 2.75) is 33.4 Å². The Kier molecular flexibility index (Phi) is 4.99. The van der Waals surface area contributed by atoms with Crippen molar-refractivity contribution in [3.63, 3.8) is 0 Å². The zero-order valence-corrected chi connectivity index (χ0v) is 10.1. The van der Waals surface area contributed by atoms with Crippen molar-refractivity contribution >= 4 is 5.97 Å². The molecular weight excluding hydrogens is 202 g/mol. The van der Waals surface area contributed by atoms with Gasteiger partial charge in [0.25, 0.3) is 0 Å². The molecule has 16 heavy (non-hydrogen) atoms. The molecule has 0 heterocycles. The van der Waals surface area contributed by atoms with E-state index < -0.39 is 0 Å². The highest BCUT2D eigenvalue weighted by Crippen LogP contribution is 2.06. The Balaban J connectivity index is 2.46. The highest BCUT2D eigenvalue weighted by atomic mass is 16.5. The molecule has 0 saturated heterocycles. The van der Waals surface area contributed by atoms with Crippen LogP contribution in [-0.4, -0.2) is 18.6 Å². The van der Waals surface area contributed by atoms with Crippen molar-refractivity contribution in [1.82, 2.24) is 5.32 Å². The zero-order chi connectivity index (χ0) is 12.0. The molecule has 0 amide bonds. The van der Waals surface area contributed by atoms with Crippen LogP contribution in [-0.2, 0) is 16.1 Å². The number of carbonyl (C=O) groups excluding carboxylic acids is 1. The predicted molar refractivity (Wildman–Crippen MR) is 64.1 cm³/mol. The Morgan fingerprint density at radius 1 is 1.44 bits per heavy atom. The minimum atomic E-state index is -0.264. The Morgan fingerprint density at radius 3 is 2.75 bits per heavy atom. The molecule has 1 unspecified atom stereocenters. The van der Waals surface area contributed by atoms with Crippen LogP contribution in [0.25, 0.3) is 0 Å². The number of nitrogens with one attached hydrogen (secondary N) is 1. The van der Waals surface area contributed by atoms with E-state index in [4.69, 9.17) is 4.74 Å². The van der Waals surface area contributed by atoms with Crippen molar-refractivity contribution in [2.24, 2.45) is 0 Å². The number of aryl methyl sites for hydroxylation is 1. The van der Waals surface area contributed by atoms with Gasteiger partial charge in [0.05, 0.1) is 6.61 Å². The van der Waals surface area contributed by atoms with Crippen LogP contribution >= 0.6 is 0 Å². The lowest BCUT2D eigenvalue weighted by Gasteiger charge is -2.13. The van der Waals surface area contributed by atoms with Crippen molar-refractivity contribution in [3.05, 3.63) is 35.4 Å². The van der Waals surface area contributed by atoms with Crippen LogP contribution in [0.4, 0.5) is 0 Å². The summed E-state index contributed by atoms with van der Waals surface area (Å²) in [6.45, 7) is 6.80. The molecule has 0 aliphatic carbocycles. The van der Waals surface area contributed by atoms with E-state index in [2.05, 4.69) is 24.4 Å². The van der Waals surface area contributed by atoms with E-state index in [0.717, 1.165) is 0 Å². The highest BCUT2D eigenvalue weighted by molar-refractivity contribution is 5.75. The van der Waals surface area contributed by atoms with Gasteiger partial charge in [0.1, 0.15) is 6.04 Å². The second-order valence-electron chi connectivity index (χ2n) is 3.78. The molecule has 0 saturated carbocycles. The Bertz CT molecular complexity index is 350. The third-order valence-corrected chi connectivity index (χ3v) is 2.50. The lowest BCUT2D eigenvalue weighted by Crippen LogP contribution is -2.35. The summed E-state index contributed by atoms with van der Waals surface area (Å²) in [6.07, 6.45) is 0. The monoisotopic (exact) mass is 221 g/mol. The average molecular weight is 221 g/mol. The van der Waals surface area contributed by atoms with E-state index in [1.807, 2.05) is 26.0 Å². The van der Waals surface area contributed by atoms with Crippen LogP contribution in [0.15, 0.2) is 24.3 Å². The van der Waals surface area contributed by atoms with Gasteiger partial charge in [-0.2, -0.15) is 0 Å². The summed E-state index contributed by atoms with van der Waals surface area (Å²) in [4.78, 5) is 11.4. The van der Waals surface area contributed by atoms with Gasteiger partial charge in [0, 0.05) is 6.54 Å².